The van der Waals surface area contributed by atoms with Crippen molar-refractivity contribution in [2.75, 3.05) is 11.9 Å². The summed E-state index contributed by atoms with van der Waals surface area (Å²) in [6.07, 6.45) is 0. The molecule has 0 aliphatic carbocycles. The van der Waals surface area contributed by atoms with Gasteiger partial charge in [-0.15, -0.1) is 0 Å². The standard InChI is InChI=1S/C23H23N5O2/c1-4-30-20-8-6-5-7-19(20)24-14-18-13-21(29)28-23(25-18)26-22(27-28)17-11-9-16(10-12-17)15(2)3/h5-13,24H,2,4,14H2,1,3H3,(H,25,26,27). The largest absolute Gasteiger partial charge is 0.492 e. The van der Waals surface area contributed by atoms with Crippen molar-refractivity contribution >= 4 is 17.0 Å². The molecular formula is C23H23N5O2. The van der Waals surface area contributed by atoms with Gasteiger partial charge in [-0.1, -0.05) is 48.6 Å². The summed E-state index contributed by atoms with van der Waals surface area (Å²) >= 11 is 0. The third-order valence-corrected chi connectivity index (χ3v) is 4.68. The molecule has 2 N–H and O–H groups in total. The highest BCUT2D eigenvalue weighted by Crippen LogP contribution is 2.24. The quantitative estimate of drug-likeness (QED) is 0.486. The summed E-state index contributed by atoms with van der Waals surface area (Å²) < 4.78 is 6.97. The summed E-state index contributed by atoms with van der Waals surface area (Å²) in [5.74, 6) is 1.68. The van der Waals surface area contributed by atoms with Gasteiger partial charge in [-0.25, -0.2) is 4.98 Å². The second kappa shape index (κ2) is 8.24. The van der Waals surface area contributed by atoms with E-state index < -0.39 is 0 Å². The fourth-order valence-electron chi connectivity index (χ4n) is 3.14. The van der Waals surface area contributed by atoms with E-state index in [0.717, 1.165) is 28.1 Å². The van der Waals surface area contributed by atoms with Gasteiger partial charge in [0, 0.05) is 11.6 Å². The highest BCUT2D eigenvalue weighted by atomic mass is 16.5. The van der Waals surface area contributed by atoms with Crippen LogP contribution in [0.25, 0.3) is 22.7 Å². The molecule has 0 saturated heterocycles. The fraction of sp³-hybridized carbons (Fsp3) is 0.174. The van der Waals surface area contributed by atoms with Gasteiger partial charge >= 0.3 is 0 Å². The molecule has 152 valence electrons. The molecule has 2 heterocycles. The summed E-state index contributed by atoms with van der Waals surface area (Å²) in [6, 6.07) is 17.0. The second-order valence-corrected chi connectivity index (χ2v) is 6.93. The zero-order valence-corrected chi connectivity index (χ0v) is 17.0. The SMILES string of the molecule is C=C(C)c1ccc(-c2nc3nc(CNc4ccccc4OCC)cc(=O)n3[nH]2)cc1. The maximum atomic E-state index is 12.6. The monoisotopic (exact) mass is 401 g/mol. The van der Waals surface area contributed by atoms with Crippen LogP contribution in [0.1, 0.15) is 25.1 Å². The van der Waals surface area contributed by atoms with Crippen LogP contribution < -0.4 is 15.6 Å². The average Bonchev–Trinajstić information content (AvgIpc) is 3.18. The zero-order valence-electron chi connectivity index (χ0n) is 17.0. The summed E-state index contributed by atoms with van der Waals surface area (Å²) in [5.41, 5.74) is 4.16. The van der Waals surface area contributed by atoms with Crippen LogP contribution in [0.3, 0.4) is 0 Å². The van der Waals surface area contributed by atoms with Gasteiger partial charge in [-0.05, 0) is 31.5 Å². The van der Waals surface area contributed by atoms with Crippen LogP contribution in [0, 0.1) is 0 Å². The Morgan fingerprint density at radius 3 is 2.67 bits per heavy atom. The number of anilines is 1. The number of nitrogens with one attached hydrogen (secondary N) is 2. The number of hydrogen-bond donors (Lipinski definition) is 2. The van der Waals surface area contributed by atoms with Crippen LogP contribution in [-0.4, -0.2) is 26.2 Å². The van der Waals surface area contributed by atoms with E-state index in [1.807, 2.05) is 62.4 Å². The van der Waals surface area contributed by atoms with Crippen molar-refractivity contribution in [1.82, 2.24) is 19.6 Å². The first-order chi connectivity index (χ1) is 14.5. The molecule has 30 heavy (non-hydrogen) atoms. The molecule has 0 fully saturated rings. The first-order valence-corrected chi connectivity index (χ1v) is 9.76. The lowest BCUT2D eigenvalue weighted by atomic mass is 10.1. The third-order valence-electron chi connectivity index (χ3n) is 4.68. The predicted octanol–water partition coefficient (Wildman–Crippen LogP) is 4.13. The molecule has 0 aliphatic heterocycles. The number of nitrogens with zero attached hydrogens (tertiary/aromatic N) is 3. The molecule has 0 aliphatic rings. The Balaban J connectivity index is 1.59. The highest BCUT2D eigenvalue weighted by Gasteiger charge is 2.10. The summed E-state index contributed by atoms with van der Waals surface area (Å²) in [6.45, 7) is 8.80. The van der Waals surface area contributed by atoms with Gasteiger partial charge in [0.1, 0.15) is 5.75 Å². The number of para-hydroxylation sites is 2. The number of benzene rings is 2. The van der Waals surface area contributed by atoms with E-state index in [4.69, 9.17) is 4.74 Å². The predicted molar refractivity (Wildman–Crippen MR) is 119 cm³/mol. The van der Waals surface area contributed by atoms with Crippen LogP contribution in [0.4, 0.5) is 5.69 Å². The van der Waals surface area contributed by atoms with Gasteiger partial charge in [0.2, 0.25) is 0 Å². The van der Waals surface area contributed by atoms with E-state index in [1.54, 1.807) is 0 Å². The zero-order chi connectivity index (χ0) is 21.1. The van der Waals surface area contributed by atoms with Gasteiger partial charge in [0.05, 0.1) is 24.5 Å². The normalized spacial score (nSPS) is 10.9. The van der Waals surface area contributed by atoms with Crippen molar-refractivity contribution in [2.24, 2.45) is 0 Å². The minimum Gasteiger partial charge on any atom is -0.492 e. The van der Waals surface area contributed by atoms with E-state index in [0.29, 0.717) is 30.4 Å². The number of aromatic amines is 1. The number of allylic oxidation sites excluding steroid dienone is 1. The molecule has 0 amide bonds. The van der Waals surface area contributed by atoms with Gasteiger partial charge < -0.3 is 10.1 Å². The average molecular weight is 401 g/mol. The van der Waals surface area contributed by atoms with Crippen LogP contribution in [0.5, 0.6) is 5.75 Å². The lowest BCUT2D eigenvalue weighted by molar-refractivity contribution is 0.341. The number of aromatic nitrogens is 4. The van der Waals surface area contributed by atoms with Crippen LogP contribution in [0.2, 0.25) is 0 Å². The summed E-state index contributed by atoms with van der Waals surface area (Å²) in [5, 5.41) is 6.30. The Bertz CT molecular complexity index is 1250. The summed E-state index contributed by atoms with van der Waals surface area (Å²) in [7, 11) is 0. The molecule has 4 rings (SSSR count). The minimum absolute atomic E-state index is 0.216. The van der Waals surface area contributed by atoms with E-state index in [2.05, 4.69) is 27.0 Å². The van der Waals surface area contributed by atoms with E-state index in [1.165, 1.54) is 10.6 Å². The molecule has 2 aromatic heterocycles. The molecule has 0 spiro atoms. The van der Waals surface area contributed by atoms with E-state index in [9.17, 15) is 4.79 Å². The van der Waals surface area contributed by atoms with Crippen molar-refractivity contribution < 1.29 is 4.74 Å². The molecule has 0 bridgehead atoms. The lowest BCUT2D eigenvalue weighted by Crippen LogP contribution is -2.17. The Hall–Kier alpha value is -3.87. The van der Waals surface area contributed by atoms with Gasteiger partial charge in [-0.3, -0.25) is 9.89 Å². The number of H-pyrrole nitrogens is 1. The van der Waals surface area contributed by atoms with Gasteiger partial charge in [0.25, 0.3) is 11.3 Å². The Morgan fingerprint density at radius 1 is 1.17 bits per heavy atom. The number of rotatable bonds is 7. The first kappa shape index (κ1) is 19.4. The smallest absolute Gasteiger partial charge is 0.274 e. The Morgan fingerprint density at radius 2 is 1.93 bits per heavy atom. The molecule has 4 aromatic rings. The van der Waals surface area contributed by atoms with Crippen molar-refractivity contribution in [1.29, 1.82) is 0 Å². The van der Waals surface area contributed by atoms with Crippen LogP contribution in [-0.2, 0) is 6.54 Å². The molecule has 2 aromatic carbocycles. The minimum atomic E-state index is -0.216. The molecule has 0 atom stereocenters. The topological polar surface area (TPSA) is 84.3 Å². The Kier molecular flexibility index (Phi) is 5.34. The lowest BCUT2D eigenvalue weighted by Gasteiger charge is -2.11. The summed E-state index contributed by atoms with van der Waals surface area (Å²) in [4.78, 5) is 21.6. The maximum Gasteiger partial charge on any atom is 0.274 e. The molecule has 0 saturated carbocycles. The van der Waals surface area contributed by atoms with Crippen molar-refractivity contribution in [3.63, 3.8) is 0 Å². The van der Waals surface area contributed by atoms with Crippen LogP contribution >= 0.6 is 0 Å². The second-order valence-electron chi connectivity index (χ2n) is 6.93. The molecule has 0 radical (unpaired) electrons. The molecule has 7 heteroatoms. The van der Waals surface area contributed by atoms with Crippen LogP contribution in [0.15, 0.2) is 66.0 Å². The number of hydrogen-bond acceptors (Lipinski definition) is 5. The van der Waals surface area contributed by atoms with Crippen molar-refractivity contribution in [2.45, 2.75) is 20.4 Å². The Labute approximate surface area is 174 Å². The third kappa shape index (κ3) is 3.96. The van der Waals surface area contributed by atoms with E-state index in [-0.39, 0.29) is 5.56 Å². The number of ether oxygens (including phenoxy) is 1. The fourth-order valence-corrected chi connectivity index (χ4v) is 3.14. The maximum absolute atomic E-state index is 12.6. The molecular weight excluding hydrogens is 378 g/mol. The molecule has 0 unspecified atom stereocenters. The number of fused-ring (bicyclic) bond motifs is 1. The van der Waals surface area contributed by atoms with Gasteiger partial charge in [0.15, 0.2) is 5.82 Å². The van der Waals surface area contributed by atoms with Crippen molar-refractivity contribution in [3.8, 4) is 17.1 Å². The first-order valence-electron chi connectivity index (χ1n) is 9.76. The highest BCUT2D eigenvalue weighted by molar-refractivity contribution is 5.66. The molecule has 7 nitrogen and oxygen atoms in total. The van der Waals surface area contributed by atoms with E-state index >= 15 is 0 Å². The van der Waals surface area contributed by atoms with Gasteiger partial charge in [-0.2, -0.15) is 9.50 Å². The van der Waals surface area contributed by atoms with Crippen molar-refractivity contribution in [3.05, 3.63) is 82.8 Å².